The Morgan fingerprint density at radius 2 is 2.06 bits per heavy atom. The molecule has 9 nitrogen and oxygen atoms in total. The van der Waals surface area contributed by atoms with E-state index in [1.807, 2.05) is 12.1 Å². The quantitative estimate of drug-likeness (QED) is 0.517. The first-order valence-corrected chi connectivity index (χ1v) is 10.7. The Bertz CT molecular complexity index is 1000. The summed E-state index contributed by atoms with van der Waals surface area (Å²) in [5, 5.41) is 17.7. The predicted octanol–water partition coefficient (Wildman–Crippen LogP) is 2.84. The van der Waals surface area contributed by atoms with Crippen LogP contribution < -0.4 is 20.7 Å². The number of H-pyrrole nitrogens is 1. The lowest BCUT2D eigenvalue weighted by molar-refractivity contribution is -0.124. The molecule has 0 aliphatic carbocycles. The van der Waals surface area contributed by atoms with Gasteiger partial charge in [0.2, 0.25) is 11.8 Å². The Balaban J connectivity index is 0. The van der Waals surface area contributed by atoms with Gasteiger partial charge in [0.15, 0.2) is 0 Å². The largest absolute Gasteiger partial charge is 0.496 e. The zero-order chi connectivity index (χ0) is 23.7. The predicted molar refractivity (Wildman–Crippen MR) is 127 cm³/mol. The van der Waals surface area contributed by atoms with Crippen molar-refractivity contribution in [1.29, 1.82) is 5.26 Å². The Morgan fingerprint density at radius 1 is 1.34 bits per heavy atom. The molecular formula is C23H37N5O4. The molecule has 1 aromatic carbocycles. The number of nitrogens with one attached hydrogen (secondary N) is 4. The minimum absolute atomic E-state index is 0. The highest BCUT2D eigenvalue weighted by molar-refractivity contribution is 6.00. The first kappa shape index (κ1) is 24.7. The maximum absolute atomic E-state index is 12.3. The average molecular weight is 448 g/mol. The molecule has 0 saturated carbocycles. The van der Waals surface area contributed by atoms with Crippen molar-refractivity contribution in [2.45, 2.75) is 39.7 Å². The number of fused-ring (bicyclic) bond motifs is 1. The van der Waals surface area contributed by atoms with Gasteiger partial charge in [-0.3, -0.25) is 14.4 Å². The summed E-state index contributed by atoms with van der Waals surface area (Å²) in [5.41, 5.74) is 1.04. The van der Waals surface area contributed by atoms with Gasteiger partial charge in [-0.1, -0.05) is 26.8 Å². The standard InChI is InChI=1S/C19H21N5O4.C4H10.3H2/c1-28-16-4-2-3-14-13(16)8-15(24-14)19(27)22-10-17(25)23-12(9-20)7-11-5-6-21-18(11)26;1-4(2)3;;;/h2-4,8,11-12,24H,5-7,10H2,1H3,(H,21,26)(H,22,27)(H,23,25);4H,1-3H3;3*1H/t11-,12-;;;;/m0..../s1. The van der Waals surface area contributed by atoms with Crippen LogP contribution in [0.3, 0.4) is 0 Å². The molecule has 0 radical (unpaired) electrons. The van der Waals surface area contributed by atoms with Crippen LogP contribution >= 0.6 is 0 Å². The van der Waals surface area contributed by atoms with E-state index in [4.69, 9.17) is 4.74 Å². The minimum Gasteiger partial charge on any atom is -0.496 e. The molecule has 1 aliphatic rings. The second-order valence-corrected chi connectivity index (χ2v) is 8.28. The summed E-state index contributed by atoms with van der Waals surface area (Å²) >= 11 is 0. The molecule has 32 heavy (non-hydrogen) atoms. The normalized spacial score (nSPS) is 15.9. The molecule has 1 saturated heterocycles. The molecule has 0 spiro atoms. The highest BCUT2D eigenvalue weighted by Gasteiger charge is 2.28. The number of hydrogen-bond donors (Lipinski definition) is 4. The highest BCUT2D eigenvalue weighted by atomic mass is 16.5. The van der Waals surface area contributed by atoms with E-state index in [0.717, 1.165) is 16.8 Å². The third-order valence-electron chi connectivity index (χ3n) is 4.67. The van der Waals surface area contributed by atoms with Gasteiger partial charge in [0, 0.05) is 27.6 Å². The van der Waals surface area contributed by atoms with Gasteiger partial charge in [-0.25, -0.2) is 0 Å². The van der Waals surface area contributed by atoms with Crippen LogP contribution in [0.5, 0.6) is 5.75 Å². The van der Waals surface area contributed by atoms with E-state index in [-0.39, 0.29) is 29.1 Å². The van der Waals surface area contributed by atoms with Crippen molar-refractivity contribution < 1.29 is 23.4 Å². The number of carbonyl (C=O) groups excluding carboxylic acids is 3. The zero-order valence-electron chi connectivity index (χ0n) is 19.0. The average Bonchev–Trinajstić information content (AvgIpc) is 3.37. The van der Waals surface area contributed by atoms with Gasteiger partial charge in [-0.2, -0.15) is 5.26 Å². The van der Waals surface area contributed by atoms with E-state index in [9.17, 15) is 19.6 Å². The number of ether oxygens (including phenoxy) is 1. The first-order valence-electron chi connectivity index (χ1n) is 10.7. The SMILES string of the molecule is CC(C)C.COc1cccc2[nH]c(C(=O)NCC(=O)N[C@H](C#N)C[C@@H]3CCNC3=O)cc12.[HH].[HH].[HH]. The van der Waals surface area contributed by atoms with Crippen LogP contribution in [0.4, 0.5) is 0 Å². The second-order valence-electron chi connectivity index (χ2n) is 8.28. The van der Waals surface area contributed by atoms with Crippen LogP contribution in [0, 0.1) is 23.2 Å². The molecule has 1 aromatic heterocycles. The molecule has 4 N–H and O–H groups in total. The first-order chi connectivity index (χ1) is 15.2. The summed E-state index contributed by atoms with van der Waals surface area (Å²) in [4.78, 5) is 39.0. The lowest BCUT2D eigenvalue weighted by Crippen LogP contribution is -2.42. The lowest BCUT2D eigenvalue weighted by Gasteiger charge is -2.14. The Labute approximate surface area is 192 Å². The monoisotopic (exact) mass is 447 g/mol. The van der Waals surface area contributed by atoms with Crippen LogP contribution in [0.1, 0.15) is 48.4 Å². The van der Waals surface area contributed by atoms with Gasteiger partial charge in [-0.15, -0.1) is 0 Å². The van der Waals surface area contributed by atoms with Crippen molar-refractivity contribution in [1.82, 2.24) is 20.9 Å². The number of aromatic amines is 1. The van der Waals surface area contributed by atoms with Gasteiger partial charge < -0.3 is 25.7 Å². The topological polar surface area (TPSA) is 136 Å². The summed E-state index contributed by atoms with van der Waals surface area (Å²) < 4.78 is 5.26. The summed E-state index contributed by atoms with van der Waals surface area (Å²) in [5.74, 6) is 0.153. The number of hydrogen-bond acceptors (Lipinski definition) is 5. The fourth-order valence-electron chi connectivity index (χ4n) is 3.23. The van der Waals surface area contributed by atoms with Gasteiger partial charge in [0.25, 0.3) is 5.91 Å². The smallest absolute Gasteiger partial charge is 0.268 e. The van der Waals surface area contributed by atoms with Gasteiger partial charge >= 0.3 is 0 Å². The molecule has 0 unspecified atom stereocenters. The summed E-state index contributed by atoms with van der Waals surface area (Å²) in [7, 11) is 1.55. The number of nitriles is 1. The van der Waals surface area contributed by atoms with Crippen molar-refractivity contribution in [2.75, 3.05) is 20.2 Å². The second kappa shape index (κ2) is 11.7. The van der Waals surface area contributed by atoms with E-state index in [1.165, 1.54) is 0 Å². The van der Waals surface area contributed by atoms with Crippen molar-refractivity contribution in [3.63, 3.8) is 0 Å². The number of nitrogens with zero attached hydrogens (tertiary/aromatic N) is 1. The molecule has 2 heterocycles. The summed E-state index contributed by atoms with van der Waals surface area (Å²) in [6.45, 7) is 6.81. The maximum Gasteiger partial charge on any atom is 0.268 e. The van der Waals surface area contributed by atoms with E-state index in [1.54, 1.807) is 25.3 Å². The minimum atomic E-state index is -0.782. The third-order valence-corrected chi connectivity index (χ3v) is 4.67. The van der Waals surface area contributed by atoms with E-state index in [2.05, 4.69) is 41.7 Å². The number of methoxy groups -OCH3 is 1. The highest BCUT2D eigenvalue weighted by Crippen LogP contribution is 2.25. The summed E-state index contributed by atoms with van der Waals surface area (Å²) in [6, 6.07) is 8.27. The zero-order valence-corrected chi connectivity index (χ0v) is 19.0. The lowest BCUT2D eigenvalue weighted by atomic mass is 9.99. The molecule has 9 heteroatoms. The van der Waals surface area contributed by atoms with E-state index < -0.39 is 17.9 Å². The number of aromatic nitrogens is 1. The van der Waals surface area contributed by atoms with Crippen LogP contribution in [0.25, 0.3) is 10.9 Å². The molecule has 3 amide bonds. The van der Waals surface area contributed by atoms with Crippen molar-refractivity contribution in [3.8, 4) is 11.8 Å². The number of carbonyl (C=O) groups is 3. The van der Waals surface area contributed by atoms with Crippen molar-refractivity contribution in [2.24, 2.45) is 11.8 Å². The van der Waals surface area contributed by atoms with Gasteiger partial charge in [-0.05, 0) is 37.0 Å². The molecule has 178 valence electrons. The van der Waals surface area contributed by atoms with Crippen molar-refractivity contribution >= 4 is 28.6 Å². The third kappa shape index (κ3) is 7.01. The maximum atomic E-state index is 12.3. The van der Waals surface area contributed by atoms with E-state index in [0.29, 0.717) is 24.4 Å². The molecule has 2 aromatic rings. The van der Waals surface area contributed by atoms with Crippen LogP contribution in [-0.4, -0.2) is 48.9 Å². The number of rotatable bonds is 7. The van der Waals surface area contributed by atoms with Crippen LogP contribution in [0.15, 0.2) is 24.3 Å². The molecule has 2 atom stereocenters. The molecule has 0 bridgehead atoms. The Kier molecular flexibility index (Phi) is 9.08. The van der Waals surface area contributed by atoms with E-state index >= 15 is 0 Å². The van der Waals surface area contributed by atoms with Crippen LogP contribution in [-0.2, 0) is 9.59 Å². The molecule has 3 rings (SSSR count). The summed E-state index contributed by atoms with van der Waals surface area (Å²) in [6.07, 6.45) is 0.900. The Morgan fingerprint density at radius 3 is 2.66 bits per heavy atom. The van der Waals surface area contributed by atoms with Crippen molar-refractivity contribution in [3.05, 3.63) is 30.0 Å². The fraction of sp³-hybridized carbons (Fsp3) is 0.478. The Hall–Kier alpha value is -3.54. The number of amides is 3. The number of benzene rings is 1. The molecule has 1 aliphatic heterocycles. The van der Waals surface area contributed by atoms with Gasteiger partial charge in [0.1, 0.15) is 17.5 Å². The van der Waals surface area contributed by atoms with Gasteiger partial charge in [0.05, 0.1) is 19.7 Å². The fourth-order valence-corrected chi connectivity index (χ4v) is 3.23. The molecular weight excluding hydrogens is 410 g/mol. The molecule has 1 fully saturated rings. The van der Waals surface area contributed by atoms with Crippen LogP contribution in [0.2, 0.25) is 0 Å².